The smallest absolute Gasteiger partial charge is 0.227 e. The lowest BCUT2D eigenvalue weighted by atomic mass is 10.1. The van der Waals surface area contributed by atoms with Crippen LogP contribution in [0.3, 0.4) is 0 Å². The van der Waals surface area contributed by atoms with Gasteiger partial charge in [0.2, 0.25) is 5.71 Å². The number of hydrogen-bond donors (Lipinski definition) is 0. The maximum atomic E-state index is 6.27. The second-order valence-corrected chi connectivity index (χ2v) is 13.4. The van der Waals surface area contributed by atoms with Crippen LogP contribution in [0.25, 0.3) is 73.2 Å². The SMILES string of the molecule is c1ccc2cc3c(cc2c1)oc1ncc(N(c2ccc4c(c2)sc2ccccc24)c2ccc4sc5ccccc5c4c2)cc13. The molecule has 0 amide bonds. The normalized spacial score (nSPS) is 12.1. The molecule has 0 saturated heterocycles. The van der Waals surface area contributed by atoms with Gasteiger partial charge in [-0.05, 0) is 71.4 Å². The highest BCUT2D eigenvalue weighted by atomic mass is 32.1. The highest BCUT2D eigenvalue weighted by Crippen LogP contribution is 2.44. The molecule has 0 aliphatic carbocycles. The number of rotatable bonds is 3. The van der Waals surface area contributed by atoms with E-state index in [1.807, 2.05) is 28.9 Å². The van der Waals surface area contributed by atoms with E-state index >= 15 is 0 Å². The summed E-state index contributed by atoms with van der Waals surface area (Å²) in [6, 6.07) is 46.0. The fraction of sp³-hybridized carbons (Fsp3) is 0. The van der Waals surface area contributed by atoms with Gasteiger partial charge in [0, 0.05) is 57.1 Å². The Labute approximate surface area is 259 Å². The quantitative estimate of drug-likeness (QED) is 0.203. The summed E-state index contributed by atoms with van der Waals surface area (Å²) in [5.41, 5.74) is 4.70. The summed E-state index contributed by atoms with van der Waals surface area (Å²) in [6.07, 6.45) is 1.94. The summed E-state index contributed by atoms with van der Waals surface area (Å²) < 4.78 is 11.4. The van der Waals surface area contributed by atoms with Crippen molar-refractivity contribution in [3.63, 3.8) is 0 Å². The van der Waals surface area contributed by atoms with Crippen molar-refractivity contribution in [1.29, 1.82) is 0 Å². The molecule has 0 atom stereocenters. The summed E-state index contributed by atoms with van der Waals surface area (Å²) in [6.45, 7) is 0. The molecule has 0 aliphatic heterocycles. The molecule has 0 N–H and O–H groups in total. The van der Waals surface area contributed by atoms with Crippen molar-refractivity contribution < 1.29 is 4.42 Å². The first-order valence-electron chi connectivity index (χ1n) is 14.6. The molecule has 5 heteroatoms. The lowest BCUT2D eigenvalue weighted by molar-refractivity contribution is 0.654. The largest absolute Gasteiger partial charge is 0.438 e. The van der Waals surface area contributed by atoms with E-state index in [1.165, 1.54) is 45.7 Å². The van der Waals surface area contributed by atoms with Gasteiger partial charge in [0.1, 0.15) is 5.58 Å². The number of benzene rings is 6. The molecule has 4 aromatic heterocycles. The third-order valence-electron chi connectivity index (χ3n) is 8.68. The van der Waals surface area contributed by atoms with Crippen molar-refractivity contribution in [2.75, 3.05) is 4.90 Å². The van der Waals surface area contributed by atoms with Gasteiger partial charge in [0.25, 0.3) is 0 Å². The molecule has 0 aliphatic rings. The monoisotopic (exact) mass is 598 g/mol. The molecule has 0 bridgehead atoms. The first-order valence-corrected chi connectivity index (χ1v) is 16.2. The predicted molar refractivity (Wildman–Crippen MR) is 189 cm³/mol. The maximum absolute atomic E-state index is 6.27. The van der Waals surface area contributed by atoms with Crippen LogP contribution in [0.1, 0.15) is 0 Å². The van der Waals surface area contributed by atoms with Gasteiger partial charge in [-0.15, -0.1) is 22.7 Å². The fourth-order valence-electron chi connectivity index (χ4n) is 6.61. The molecule has 10 rings (SSSR count). The van der Waals surface area contributed by atoms with E-state index in [0.29, 0.717) is 5.71 Å². The third-order valence-corrected chi connectivity index (χ3v) is 11.0. The second kappa shape index (κ2) is 9.13. The standard InChI is InChI=1S/C39H22N2OS2/c1-2-8-24-18-34-31(17-23(24)7-1)33-20-27(22-40-39(33)42-34)41(25-14-16-37-32(19-25)29-10-4-6-12-36(29)43-37)26-13-15-30-28-9-3-5-11-35(28)44-38(30)21-26/h1-22H. The summed E-state index contributed by atoms with van der Waals surface area (Å²) in [5, 5.41) is 9.59. The third kappa shape index (κ3) is 3.57. The minimum Gasteiger partial charge on any atom is -0.438 e. The Morgan fingerprint density at radius 2 is 1.07 bits per heavy atom. The van der Waals surface area contributed by atoms with Gasteiger partial charge in [-0.2, -0.15) is 0 Å². The van der Waals surface area contributed by atoms with Gasteiger partial charge < -0.3 is 9.32 Å². The van der Waals surface area contributed by atoms with Gasteiger partial charge in [-0.3, -0.25) is 0 Å². The van der Waals surface area contributed by atoms with E-state index in [4.69, 9.17) is 9.40 Å². The van der Waals surface area contributed by atoms with Gasteiger partial charge in [0.05, 0.1) is 17.3 Å². The van der Waals surface area contributed by atoms with Crippen molar-refractivity contribution >= 4 is 113 Å². The Morgan fingerprint density at radius 1 is 0.455 bits per heavy atom. The van der Waals surface area contributed by atoms with E-state index < -0.39 is 0 Å². The van der Waals surface area contributed by atoms with E-state index in [1.54, 1.807) is 0 Å². The molecule has 0 saturated carbocycles. The van der Waals surface area contributed by atoms with Gasteiger partial charge in [-0.25, -0.2) is 4.98 Å². The van der Waals surface area contributed by atoms with Crippen LogP contribution in [-0.2, 0) is 0 Å². The Balaban J connectivity index is 1.23. The summed E-state index contributed by atoms with van der Waals surface area (Å²) in [7, 11) is 0. The molecule has 10 aromatic rings. The summed E-state index contributed by atoms with van der Waals surface area (Å²) in [5.74, 6) is 0. The van der Waals surface area contributed by atoms with Crippen molar-refractivity contribution in [3.05, 3.63) is 134 Å². The van der Waals surface area contributed by atoms with Crippen LogP contribution in [0, 0.1) is 0 Å². The Kier molecular flexibility index (Phi) is 5.03. The molecular weight excluding hydrogens is 577 g/mol. The number of hydrogen-bond acceptors (Lipinski definition) is 5. The highest BCUT2D eigenvalue weighted by Gasteiger charge is 2.19. The van der Waals surface area contributed by atoms with Crippen LogP contribution in [0.5, 0.6) is 0 Å². The molecule has 206 valence electrons. The van der Waals surface area contributed by atoms with Crippen LogP contribution >= 0.6 is 22.7 Å². The predicted octanol–water partition coefficient (Wildman–Crippen LogP) is 12.3. The Bertz CT molecular complexity index is 2750. The number of fused-ring (bicyclic) bond motifs is 10. The van der Waals surface area contributed by atoms with Crippen LogP contribution in [0.2, 0.25) is 0 Å². The number of thiophene rings is 2. The lowest BCUT2D eigenvalue weighted by Gasteiger charge is -2.25. The topological polar surface area (TPSA) is 29.3 Å². The molecule has 4 heterocycles. The zero-order valence-corrected chi connectivity index (χ0v) is 25.0. The molecule has 6 aromatic carbocycles. The molecule has 0 radical (unpaired) electrons. The van der Waals surface area contributed by atoms with Gasteiger partial charge in [0.15, 0.2) is 0 Å². The first kappa shape index (κ1) is 24.2. The number of nitrogens with zero attached hydrogens (tertiary/aromatic N) is 2. The van der Waals surface area contributed by atoms with E-state index in [2.05, 4.69) is 132 Å². The average Bonchev–Trinajstić information content (AvgIpc) is 3.74. The van der Waals surface area contributed by atoms with E-state index in [-0.39, 0.29) is 0 Å². The Hall–Kier alpha value is -5.23. The number of furan rings is 1. The summed E-state index contributed by atoms with van der Waals surface area (Å²) in [4.78, 5) is 7.21. The molecule has 0 spiro atoms. The van der Waals surface area contributed by atoms with E-state index in [9.17, 15) is 0 Å². The van der Waals surface area contributed by atoms with Crippen molar-refractivity contribution in [1.82, 2.24) is 4.98 Å². The van der Waals surface area contributed by atoms with Crippen LogP contribution in [-0.4, -0.2) is 4.98 Å². The zero-order chi connectivity index (χ0) is 28.8. The highest BCUT2D eigenvalue weighted by molar-refractivity contribution is 7.26. The first-order chi connectivity index (χ1) is 21.8. The average molecular weight is 599 g/mol. The Morgan fingerprint density at radius 3 is 1.91 bits per heavy atom. The molecular formula is C39H22N2OS2. The number of pyridine rings is 1. The lowest BCUT2D eigenvalue weighted by Crippen LogP contribution is -2.10. The minimum absolute atomic E-state index is 0.651. The molecule has 0 unspecified atom stereocenters. The summed E-state index contributed by atoms with van der Waals surface area (Å²) >= 11 is 3.68. The van der Waals surface area contributed by atoms with Gasteiger partial charge in [-0.1, -0.05) is 66.7 Å². The fourth-order valence-corrected chi connectivity index (χ4v) is 8.84. The zero-order valence-electron chi connectivity index (χ0n) is 23.3. The van der Waals surface area contributed by atoms with Crippen molar-refractivity contribution in [3.8, 4) is 0 Å². The number of anilines is 3. The maximum Gasteiger partial charge on any atom is 0.227 e. The molecule has 0 fully saturated rings. The van der Waals surface area contributed by atoms with E-state index in [0.717, 1.165) is 38.8 Å². The van der Waals surface area contributed by atoms with Crippen LogP contribution in [0.15, 0.2) is 138 Å². The minimum atomic E-state index is 0.651. The molecule has 3 nitrogen and oxygen atoms in total. The van der Waals surface area contributed by atoms with Crippen molar-refractivity contribution in [2.24, 2.45) is 0 Å². The van der Waals surface area contributed by atoms with Crippen molar-refractivity contribution in [2.45, 2.75) is 0 Å². The van der Waals surface area contributed by atoms with Crippen LogP contribution in [0.4, 0.5) is 17.1 Å². The van der Waals surface area contributed by atoms with Gasteiger partial charge >= 0.3 is 0 Å². The molecule has 44 heavy (non-hydrogen) atoms. The second-order valence-electron chi connectivity index (χ2n) is 11.2. The van der Waals surface area contributed by atoms with Crippen LogP contribution < -0.4 is 4.90 Å². The number of aromatic nitrogens is 1.